The second-order valence-corrected chi connectivity index (χ2v) is 6.30. The zero-order chi connectivity index (χ0) is 18.0. The fraction of sp³-hybridized carbons (Fsp3) is 0.150. The number of hydrogen-bond acceptors (Lipinski definition) is 5. The number of carbonyl (C=O) groups excluding carboxylic acids is 1. The highest BCUT2D eigenvalue weighted by Crippen LogP contribution is 2.36. The van der Waals surface area contributed by atoms with E-state index in [9.17, 15) is 9.90 Å². The fourth-order valence-corrected chi connectivity index (χ4v) is 2.54. The van der Waals surface area contributed by atoms with Crippen LogP contribution in [0.4, 0.5) is 17.3 Å². The Bertz CT molecular complexity index is 925. The van der Waals surface area contributed by atoms with E-state index in [-0.39, 0.29) is 0 Å². The average Bonchev–Trinajstić information content (AvgIpc) is 3.42. The number of aromatic nitrogens is 2. The van der Waals surface area contributed by atoms with Gasteiger partial charge < -0.3 is 15.7 Å². The Morgan fingerprint density at radius 2 is 1.54 bits per heavy atom. The number of carbonyl (C=O) groups is 1. The molecule has 3 N–H and O–H groups in total. The topological polar surface area (TPSA) is 87.1 Å². The van der Waals surface area contributed by atoms with Gasteiger partial charge in [0.25, 0.3) is 5.91 Å². The van der Waals surface area contributed by atoms with Gasteiger partial charge in [-0.05, 0) is 25.0 Å². The van der Waals surface area contributed by atoms with Crippen molar-refractivity contribution in [3.63, 3.8) is 0 Å². The molecule has 4 rings (SSSR count). The standard InChI is InChI=1S/C20H18N4O2/c25-19(20(26)11-12-20)24-17-13-16(21-15-9-5-2-6-10-15)22-18(23-17)14-7-3-1-4-8-14/h1-10,13,26H,11-12H2,(H2,21,22,23,24,25). The zero-order valence-electron chi connectivity index (χ0n) is 14.0. The third-order valence-electron chi connectivity index (χ3n) is 4.19. The highest BCUT2D eigenvalue weighted by atomic mass is 16.3. The summed E-state index contributed by atoms with van der Waals surface area (Å²) in [6.45, 7) is 0. The number of anilines is 3. The number of hydrogen-bond donors (Lipinski definition) is 3. The van der Waals surface area contributed by atoms with Crippen LogP contribution in [-0.2, 0) is 4.79 Å². The smallest absolute Gasteiger partial charge is 0.257 e. The molecule has 1 saturated carbocycles. The molecule has 1 aliphatic carbocycles. The number of nitrogens with zero attached hydrogens (tertiary/aromatic N) is 2. The van der Waals surface area contributed by atoms with Crippen LogP contribution >= 0.6 is 0 Å². The van der Waals surface area contributed by atoms with Crippen molar-refractivity contribution < 1.29 is 9.90 Å². The van der Waals surface area contributed by atoms with Gasteiger partial charge in [-0.1, -0.05) is 48.5 Å². The predicted octanol–water partition coefficient (Wildman–Crippen LogP) is 3.35. The minimum absolute atomic E-state index is 0.350. The molecule has 1 aromatic heterocycles. The summed E-state index contributed by atoms with van der Waals surface area (Å²) in [6, 6.07) is 20.8. The molecule has 0 unspecified atom stereocenters. The normalized spacial score (nSPS) is 14.5. The van der Waals surface area contributed by atoms with Gasteiger partial charge >= 0.3 is 0 Å². The lowest BCUT2D eigenvalue weighted by Gasteiger charge is -2.12. The van der Waals surface area contributed by atoms with Crippen molar-refractivity contribution in [2.45, 2.75) is 18.4 Å². The summed E-state index contributed by atoms with van der Waals surface area (Å²) in [7, 11) is 0. The second-order valence-electron chi connectivity index (χ2n) is 6.30. The van der Waals surface area contributed by atoms with Crippen molar-refractivity contribution >= 4 is 23.2 Å². The van der Waals surface area contributed by atoms with Gasteiger partial charge in [-0.3, -0.25) is 4.79 Å². The molecule has 1 amide bonds. The molecule has 1 heterocycles. The Labute approximate surface area is 150 Å². The Balaban J connectivity index is 1.68. The predicted molar refractivity (Wildman–Crippen MR) is 100 cm³/mol. The molecular weight excluding hydrogens is 328 g/mol. The zero-order valence-corrected chi connectivity index (χ0v) is 14.0. The Kier molecular flexibility index (Phi) is 4.10. The monoisotopic (exact) mass is 346 g/mol. The van der Waals surface area contributed by atoms with Crippen LogP contribution in [-0.4, -0.2) is 26.6 Å². The van der Waals surface area contributed by atoms with Gasteiger partial charge in [0.1, 0.15) is 17.2 Å². The summed E-state index contributed by atoms with van der Waals surface area (Å²) in [6.07, 6.45) is 0.954. The summed E-state index contributed by atoms with van der Waals surface area (Å²) in [4.78, 5) is 21.2. The summed E-state index contributed by atoms with van der Waals surface area (Å²) >= 11 is 0. The molecule has 2 aromatic carbocycles. The fourth-order valence-electron chi connectivity index (χ4n) is 2.54. The highest BCUT2D eigenvalue weighted by molar-refractivity contribution is 5.98. The van der Waals surface area contributed by atoms with E-state index in [0.717, 1.165) is 11.3 Å². The van der Waals surface area contributed by atoms with Crippen molar-refractivity contribution in [2.24, 2.45) is 0 Å². The van der Waals surface area contributed by atoms with Crippen LogP contribution in [0.5, 0.6) is 0 Å². The molecule has 0 radical (unpaired) electrons. The number of nitrogens with one attached hydrogen (secondary N) is 2. The molecule has 6 heteroatoms. The van der Waals surface area contributed by atoms with Crippen LogP contribution in [0.1, 0.15) is 12.8 Å². The number of aliphatic hydroxyl groups is 1. The highest BCUT2D eigenvalue weighted by Gasteiger charge is 2.48. The molecule has 1 fully saturated rings. The molecule has 0 spiro atoms. The van der Waals surface area contributed by atoms with Crippen molar-refractivity contribution in [3.05, 3.63) is 66.7 Å². The largest absolute Gasteiger partial charge is 0.380 e. The lowest BCUT2D eigenvalue weighted by atomic mass is 10.2. The molecule has 130 valence electrons. The molecular formula is C20H18N4O2. The van der Waals surface area contributed by atoms with E-state index in [1.165, 1.54) is 0 Å². The third kappa shape index (κ3) is 3.55. The van der Waals surface area contributed by atoms with Gasteiger partial charge in [0.15, 0.2) is 5.82 Å². The maximum absolute atomic E-state index is 12.2. The van der Waals surface area contributed by atoms with E-state index in [0.29, 0.717) is 30.3 Å². The van der Waals surface area contributed by atoms with Gasteiger partial charge in [-0.15, -0.1) is 0 Å². The molecule has 6 nitrogen and oxygen atoms in total. The SMILES string of the molecule is O=C(Nc1cc(Nc2ccccc2)nc(-c2ccccc2)n1)C1(O)CC1. The number of para-hydroxylation sites is 1. The van der Waals surface area contributed by atoms with Crippen molar-refractivity contribution in [2.75, 3.05) is 10.6 Å². The van der Waals surface area contributed by atoms with Gasteiger partial charge in [0, 0.05) is 17.3 Å². The maximum Gasteiger partial charge on any atom is 0.257 e. The van der Waals surface area contributed by atoms with E-state index in [1.807, 2.05) is 60.7 Å². The lowest BCUT2D eigenvalue weighted by Crippen LogP contribution is -2.29. The molecule has 3 aromatic rings. The van der Waals surface area contributed by atoms with E-state index >= 15 is 0 Å². The van der Waals surface area contributed by atoms with Crippen LogP contribution in [0.25, 0.3) is 11.4 Å². The first-order valence-electron chi connectivity index (χ1n) is 8.43. The van der Waals surface area contributed by atoms with Crippen LogP contribution in [0, 0.1) is 0 Å². The first-order valence-corrected chi connectivity index (χ1v) is 8.43. The number of amides is 1. The van der Waals surface area contributed by atoms with E-state index in [4.69, 9.17) is 0 Å². The Morgan fingerprint density at radius 1 is 0.923 bits per heavy atom. The summed E-state index contributed by atoms with van der Waals surface area (Å²) in [5.74, 6) is 0.969. The third-order valence-corrected chi connectivity index (χ3v) is 4.19. The van der Waals surface area contributed by atoms with Crippen molar-refractivity contribution in [3.8, 4) is 11.4 Å². The quantitative estimate of drug-likeness (QED) is 0.659. The molecule has 0 atom stereocenters. The maximum atomic E-state index is 12.2. The average molecular weight is 346 g/mol. The minimum atomic E-state index is -1.26. The van der Waals surface area contributed by atoms with Crippen LogP contribution < -0.4 is 10.6 Å². The molecule has 1 aliphatic rings. The molecule has 0 saturated heterocycles. The van der Waals surface area contributed by atoms with Gasteiger partial charge in [-0.2, -0.15) is 0 Å². The van der Waals surface area contributed by atoms with E-state index in [2.05, 4.69) is 20.6 Å². The van der Waals surface area contributed by atoms with E-state index < -0.39 is 11.5 Å². The first kappa shape index (κ1) is 16.2. The number of benzene rings is 2. The van der Waals surface area contributed by atoms with Gasteiger partial charge in [0.05, 0.1) is 0 Å². The van der Waals surface area contributed by atoms with Crippen LogP contribution in [0.15, 0.2) is 66.7 Å². The minimum Gasteiger partial charge on any atom is -0.380 e. The Morgan fingerprint density at radius 3 is 2.19 bits per heavy atom. The first-order chi connectivity index (χ1) is 12.6. The molecule has 0 bridgehead atoms. The Hall–Kier alpha value is -3.25. The summed E-state index contributed by atoms with van der Waals surface area (Å²) in [5.41, 5.74) is 0.457. The van der Waals surface area contributed by atoms with E-state index in [1.54, 1.807) is 6.07 Å². The molecule has 26 heavy (non-hydrogen) atoms. The van der Waals surface area contributed by atoms with Gasteiger partial charge in [-0.25, -0.2) is 9.97 Å². The van der Waals surface area contributed by atoms with Crippen LogP contribution in [0.2, 0.25) is 0 Å². The second kappa shape index (κ2) is 6.57. The van der Waals surface area contributed by atoms with Crippen molar-refractivity contribution in [1.82, 2.24) is 9.97 Å². The summed E-state index contributed by atoms with van der Waals surface area (Å²) < 4.78 is 0. The molecule has 0 aliphatic heterocycles. The lowest BCUT2D eigenvalue weighted by molar-refractivity contribution is -0.125. The van der Waals surface area contributed by atoms with Gasteiger partial charge in [0.2, 0.25) is 0 Å². The summed E-state index contributed by atoms with van der Waals surface area (Å²) in [5, 5.41) is 15.9. The number of rotatable bonds is 5. The van der Waals surface area contributed by atoms with Crippen molar-refractivity contribution in [1.29, 1.82) is 0 Å². The van der Waals surface area contributed by atoms with Crippen LogP contribution in [0.3, 0.4) is 0 Å².